The van der Waals surface area contributed by atoms with Crippen LogP contribution in [0.2, 0.25) is 0 Å². The van der Waals surface area contributed by atoms with E-state index in [1.807, 2.05) is 13.0 Å². The van der Waals surface area contributed by atoms with Crippen molar-refractivity contribution in [3.8, 4) is 5.75 Å². The lowest BCUT2D eigenvalue weighted by Crippen LogP contribution is -2.43. The monoisotopic (exact) mass is 764 g/mol. The molecule has 5 rings (SSSR count). The van der Waals surface area contributed by atoms with Crippen molar-refractivity contribution in [1.82, 2.24) is 14.5 Å². The zero-order valence-corrected chi connectivity index (χ0v) is 33.1. The molecule has 11 heteroatoms. The Labute approximate surface area is 329 Å². The summed E-state index contributed by atoms with van der Waals surface area (Å²) < 4.78 is 7.26. The van der Waals surface area contributed by atoms with Crippen LogP contribution in [0.15, 0.2) is 65.5 Å². The van der Waals surface area contributed by atoms with Gasteiger partial charge in [0.25, 0.3) is 23.3 Å². The molecule has 2 heterocycles. The standard InChI is InChI=1S/C45H56N4O7/c1-4-5-6-7-8-9-10-11-12-13-14-15-16-17-18-21-28-48-37-23-20-19-22-34(37)41(50)47-40(48)39(42(51)46-36-29-31(2)24-27-38(36)56-3)49-43(52)33-26-25-32(45(54)55)30-35(33)44(49)53/h19-20,22-27,29-30,39H,4-18,21,28H2,1-3H3,(H,46,51)(H,54,55). The Morgan fingerprint density at radius 1 is 0.750 bits per heavy atom. The molecule has 2 N–H and O–H groups in total. The van der Waals surface area contributed by atoms with Gasteiger partial charge in [-0.3, -0.25) is 24.1 Å². The number of amides is 3. The number of benzene rings is 3. The molecule has 0 saturated carbocycles. The summed E-state index contributed by atoms with van der Waals surface area (Å²) in [5.74, 6) is -3.42. The molecule has 0 bridgehead atoms. The van der Waals surface area contributed by atoms with Crippen molar-refractivity contribution in [2.75, 3.05) is 12.4 Å². The zero-order valence-electron chi connectivity index (χ0n) is 33.1. The summed E-state index contributed by atoms with van der Waals surface area (Å²) in [5, 5.41) is 12.8. The second kappa shape index (κ2) is 20.6. The largest absolute Gasteiger partial charge is 0.495 e. The third-order valence-electron chi connectivity index (χ3n) is 10.7. The van der Waals surface area contributed by atoms with E-state index in [0.717, 1.165) is 35.8 Å². The van der Waals surface area contributed by atoms with Crippen LogP contribution in [-0.2, 0) is 11.3 Å². The number of rotatable bonds is 23. The number of imide groups is 1. The number of aromatic carboxylic acids is 1. The van der Waals surface area contributed by atoms with Crippen LogP contribution in [0.4, 0.5) is 5.69 Å². The second-order valence-electron chi connectivity index (χ2n) is 14.9. The third kappa shape index (κ3) is 10.3. The Morgan fingerprint density at radius 3 is 1.95 bits per heavy atom. The maximum absolute atomic E-state index is 14.6. The molecule has 298 valence electrons. The first-order chi connectivity index (χ1) is 27.2. The molecule has 1 unspecified atom stereocenters. The fraction of sp³-hybridized carbons (Fsp3) is 0.467. The highest BCUT2D eigenvalue weighted by Crippen LogP contribution is 2.35. The Hall–Kier alpha value is -5.32. The lowest BCUT2D eigenvalue weighted by Gasteiger charge is -2.28. The number of carboxylic acid groups (broad SMARTS) is 1. The van der Waals surface area contributed by atoms with E-state index in [1.54, 1.807) is 41.0 Å². The topological polar surface area (TPSA) is 148 Å². The van der Waals surface area contributed by atoms with Crippen molar-refractivity contribution >= 4 is 40.3 Å². The molecule has 0 aliphatic carbocycles. The summed E-state index contributed by atoms with van der Waals surface area (Å²) in [5.41, 5.74) is 0.686. The minimum absolute atomic E-state index is 0.0431. The van der Waals surface area contributed by atoms with Crippen molar-refractivity contribution in [3.63, 3.8) is 0 Å². The third-order valence-corrected chi connectivity index (χ3v) is 10.7. The molecule has 56 heavy (non-hydrogen) atoms. The molecule has 0 fully saturated rings. The van der Waals surface area contributed by atoms with Gasteiger partial charge < -0.3 is 19.7 Å². The molecular weight excluding hydrogens is 709 g/mol. The molecule has 1 aromatic heterocycles. The Balaban J connectivity index is 1.34. The van der Waals surface area contributed by atoms with E-state index in [9.17, 15) is 29.1 Å². The van der Waals surface area contributed by atoms with Crippen LogP contribution in [0.1, 0.15) is 158 Å². The fourth-order valence-electron chi connectivity index (χ4n) is 7.60. The highest BCUT2D eigenvalue weighted by atomic mass is 16.5. The van der Waals surface area contributed by atoms with Crippen LogP contribution in [0, 0.1) is 6.92 Å². The van der Waals surface area contributed by atoms with Gasteiger partial charge in [0.2, 0.25) is 0 Å². The number of nitrogens with zero attached hydrogens (tertiary/aromatic N) is 3. The van der Waals surface area contributed by atoms with E-state index in [1.165, 1.54) is 96.3 Å². The number of para-hydroxylation sites is 1. The van der Waals surface area contributed by atoms with Gasteiger partial charge in [-0.15, -0.1) is 0 Å². The van der Waals surface area contributed by atoms with E-state index in [2.05, 4.69) is 17.2 Å². The van der Waals surface area contributed by atoms with Gasteiger partial charge in [0.15, 0.2) is 6.04 Å². The van der Waals surface area contributed by atoms with Gasteiger partial charge >= 0.3 is 5.97 Å². The van der Waals surface area contributed by atoms with Crippen molar-refractivity contribution in [2.45, 2.75) is 129 Å². The van der Waals surface area contributed by atoms with Crippen LogP contribution >= 0.6 is 0 Å². The van der Waals surface area contributed by atoms with Crippen molar-refractivity contribution in [2.24, 2.45) is 0 Å². The molecule has 0 radical (unpaired) electrons. The number of carboxylic acids is 1. The lowest BCUT2D eigenvalue weighted by molar-refractivity contribution is -0.120. The lowest BCUT2D eigenvalue weighted by atomic mass is 10.0. The van der Waals surface area contributed by atoms with E-state index in [4.69, 9.17) is 4.74 Å². The highest BCUT2D eigenvalue weighted by Gasteiger charge is 2.46. The number of hydrogen-bond donors (Lipinski definition) is 2. The maximum atomic E-state index is 14.6. The molecule has 3 aromatic carbocycles. The Morgan fingerprint density at radius 2 is 1.34 bits per heavy atom. The average molecular weight is 765 g/mol. The molecular formula is C45H56N4O7. The number of carbonyl (C=O) groups excluding carboxylic acids is 3. The van der Waals surface area contributed by atoms with Crippen molar-refractivity contribution in [3.05, 3.63) is 99.1 Å². The van der Waals surface area contributed by atoms with Crippen LogP contribution in [-0.4, -0.2) is 50.4 Å². The van der Waals surface area contributed by atoms with E-state index in [-0.39, 0.29) is 22.5 Å². The predicted octanol–water partition coefficient (Wildman–Crippen LogP) is 9.65. The SMILES string of the molecule is CCCCCCCCCCCCCCCCCCn1c(C(C(=O)Nc2cc(C)ccc2OC)N2C(=O)c3ccc(C(=O)O)cc3C2=O)nc(=O)c2ccccc21. The minimum Gasteiger partial charge on any atom is -0.495 e. The number of aryl methyl sites for hydroxylation is 2. The van der Waals surface area contributed by atoms with Crippen molar-refractivity contribution < 1.29 is 29.0 Å². The minimum atomic E-state index is -1.68. The zero-order chi connectivity index (χ0) is 40.0. The number of carbonyl (C=O) groups is 4. The van der Waals surface area contributed by atoms with Gasteiger partial charge in [0.05, 0.1) is 40.4 Å². The first-order valence-corrected chi connectivity index (χ1v) is 20.4. The molecule has 1 atom stereocenters. The molecule has 1 aliphatic heterocycles. The Kier molecular flexibility index (Phi) is 15.4. The number of ether oxygens (including phenoxy) is 1. The van der Waals surface area contributed by atoms with Crippen molar-refractivity contribution in [1.29, 1.82) is 0 Å². The number of unbranched alkanes of at least 4 members (excludes halogenated alkanes) is 15. The first-order valence-electron chi connectivity index (χ1n) is 20.4. The molecule has 0 spiro atoms. The second-order valence-corrected chi connectivity index (χ2v) is 14.9. The quantitative estimate of drug-likeness (QED) is 0.0561. The van der Waals surface area contributed by atoms with Gasteiger partial charge in [-0.25, -0.2) is 4.79 Å². The van der Waals surface area contributed by atoms with Gasteiger partial charge in [0, 0.05) is 6.54 Å². The maximum Gasteiger partial charge on any atom is 0.335 e. The summed E-state index contributed by atoms with van der Waals surface area (Å²) >= 11 is 0. The molecule has 3 amide bonds. The molecule has 1 aliphatic rings. The average Bonchev–Trinajstić information content (AvgIpc) is 3.43. The normalized spacial score (nSPS) is 12.9. The van der Waals surface area contributed by atoms with Gasteiger partial charge in [0.1, 0.15) is 11.6 Å². The predicted molar refractivity (Wildman–Crippen MR) is 219 cm³/mol. The number of nitrogens with one attached hydrogen (secondary N) is 1. The summed E-state index contributed by atoms with van der Waals surface area (Å²) in [6, 6.07) is 14.1. The summed E-state index contributed by atoms with van der Waals surface area (Å²) in [7, 11) is 1.46. The smallest absolute Gasteiger partial charge is 0.335 e. The molecule has 0 saturated heterocycles. The van der Waals surface area contributed by atoms with Crippen LogP contribution < -0.4 is 15.6 Å². The summed E-state index contributed by atoms with van der Waals surface area (Å²) in [6.07, 6.45) is 19.5. The number of hydrogen-bond acceptors (Lipinski definition) is 7. The highest BCUT2D eigenvalue weighted by molar-refractivity contribution is 6.23. The number of aromatic nitrogens is 2. The van der Waals surface area contributed by atoms with Gasteiger partial charge in [-0.05, 0) is 61.4 Å². The van der Waals surface area contributed by atoms with Gasteiger partial charge in [-0.1, -0.05) is 121 Å². The number of fused-ring (bicyclic) bond motifs is 2. The van der Waals surface area contributed by atoms with E-state index in [0.29, 0.717) is 35.3 Å². The van der Waals surface area contributed by atoms with Gasteiger partial charge in [-0.2, -0.15) is 4.98 Å². The van der Waals surface area contributed by atoms with E-state index < -0.39 is 35.3 Å². The number of anilines is 1. The van der Waals surface area contributed by atoms with Crippen LogP contribution in [0.25, 0.3) is 10.9 Å². The molecule has 4 aromatic rings. The van der Waals surface area contributed by atoms with Crippen LogP contribution in [0.5, 0.6) is 5.75 Å². The molecule has 11 nitrogen and oxygen atoms in total. The van der Waals surface area contributed by atoms with Crippen LogP contribution in [0.3, 0.4) is 0 Å². The first kappa shape index (κ1) is 41.8. The Bertz CT molecular complexity index is 2070. The summed E-state index contributed by atoms with van der Waals surface area (Å²) in [4.78, 5) is 73.3. The fourth-order valence-corrected chi connectivity index (χ4v) is 7.60. The number of methoxy groups -OCH3 is 1. The van der Waals surface area contributed by atoms with E-state index >= 15 is 0 Å². The summed E-state index contributed by atoms with van der Waals surface area (Å²) in [6.45, 7) is 4.48.